The van der Waals surface area contributed by atoms with Crippen LogP contribution in [0, 0.1) is 11.3 Å². The summed E-state index contributed by atoms with van der Waals surface area (Å²) in [4.78, 5) is 1.46. The zero-order chi connectivity index (χ0) is 14.5. The summed E-state index contributed by atoms with van der Waals surface area (Å²) in [5, 5.41) is 9.64. The van der Waals surface area contributed by atoms with Crippen molar-refractivity contribution in [2.75, 3.05) is 26.2 Å². The van der Waals surface area contributed by atoms with Gasteiger partial charge in [0.25, 0.3) is 0 Å². The maximum atomic E-state index is 12.6. The van der Waals surface area contributed by atoms with Crippen LogP contribution in [0.25, 0.3) is 0 Å². The lowest BCUT2D eigenvalue weighted by Gasteiger charge is -2.41. The van der Waals surface area contributed by atoms with Gasteiger partial charge >= 0.3 is 6.18 Å². The van der Waals surface area contributed by atoms with Crippen LogP contribution >= 0.6 is 0 Å². The molecule has 114 valence electrons. The summed E-state index contributed by atoms with van der Waals surface area (Å²) < 4.78 is 37.7. The molecule has 0 radical (unpaired) electrons. The van der Waals surface area contributed by atoms with E-state index in [-0.39, 0.29) is 12.0 Å². The summed E-state index contributed by atoms with van der Waals surface area (Å²) in [5.74, 6) is 0.627. The number of hydrogen-bond acceptors (Lipinski definition) is 2. The van der Waals surface area contributed by atoms with Crippen molar-refractivity contribution in [2.24, 2.45) is 11.3 Å². The van der Waals surface area contributed by atoms with E-state index >= 15 is 0 Å². The topological polar surface area (TPSA) is 23.5 Å². The number of hydrogen-bond donors (Lipinski definition) is 1. The van der Waals surface area contributed by atoms with E-state index in [0.29, 0.717) is 25.4 Å². The maximum absolute atomic E-state index is 12.6. The fraction of sp³-hybridized carbons (Fsp3) is 1.00. The highest BCUT2D eigenvalue weighted by molar-refractivity contribution is 4.87. The second kappa shape index (κ2) is 6.93. The lowest BCUT2D eigenvalue weighted by molar-refractivity contribution is -0.151. The smallest absolute Gasteiger partial charge is 0.396 e. The third kappa shape index (κ3) is 5.69. The van der Waals surface area contributed by atoms with Gasteiger partial charge in [0.05, 0.1) is 6.54 Å². The molecule has 0 aromatic heterocycles. The van der Waals surface area contributed by atoms with Gasteiger partial charge < -0.3 is 5.11 Å². The van der Waals surface area contributed by atoms with Crippen molar-refractivity contribution in [3.63, 3.8) is 0 Å². The van der Waals surface area contributed by atoms with Gasteiger partial charge in [-0.2, -0.15) is 13.2 Å². The molecule has 1 saturated carbocycles. The molecule has 0 aliphatic heterocycles. The maximum Gasteiger partial charge on any atom is 0.401 e. The highest BCUT2D eigenvalue weighted by Crippen LogP contribution is 2.39. The predicted octanol–water partition coefficient (Wildman–Crippen LogP) is 3.45. The van der Waals surface area contributed by atoms with Crippen LogP contribution in [0.3, 0.4) is 0 Å². The first kappa shape index (κ1) is 16.8. The fourth-order valence-electron chi connectivity index (χ4n) is 3.00. The van der Waals surface area contributed by atoms with Crippen molar-refractivity contribution in [3.8, 4) is 0 Å². The van der Waals surface area contributed by atoms with E-state index in [1.807, 2.05) is 6.92 Å². The molecule has 0 aromatic carbocycles. The summed E-state index contributed by atoms with van der Waals surface area (Å²) in [6, 6.07) is 0. The molecule has 1 N–H and O–H groups in total. The number of nitrogens with zero attached hydrogens (tertiary/aromatic N) is 1. The number of alkyl halides is 3. The molecule has 1 aliphatic carbocycles. The van der Waals surface area contributed by atoms with Crippen molar-refractivity contribution in [2.45, 2.75) is 52.1 Å². The molecule has 0 spiro atoms. The van der Waals surface area contributed by atoms with E-state index in [9.17, 15) is 18.3 Å². The Morgan fingerprint density at radius 1 is 1.26 bits per heavy atom. The average molecular weight is 281 g/mol. The number of rotatable bonds is 6. The minimum absolute atomic E-state index is 0.00219. The number of aliphatic hydroxyl groups excluding tert-OH is 1. The molecule has 0 bridgehead atoms. The van der Waals surface area contributed by atoms with Crippen LogP contribution in [0.4, 0.5) is 13.2 Å². The van der Waals surface area contributed by atoms with E-state index in [4.69, 9.17) is 0 Å². The molecule has 0 unspecified atom stereocenters. The van der Waals surface area contributed by atoms with Gasteiger partial charge in [-0.15, -0.1) is 0 Å². The first-order chi connectivity index (χ1) is 8.80. The lowest BCUT2D eigenvalue weighted by atomic mass is 9.71. The van der Waals surface area contributed by atoms with E-state index in [2.05, 4.69) is 6.92 Å². The van der Waals surface area contributed by atoms with Crippen molar-refractivity contribution in [3.05, 3.63) is 0 Å². The normalized spacial score (nSPS) is 28.9. The average Bonchev–Trinajstić information content (AvgIpc) is 2.31. The zero-order valence-corrected chi connectivity index (χ0v) is 12.0. The Morgan fingerprint density at radius 3 is 2.26 bits per heavy atom. The third-order valence-electron chi connectivity index (χ3n) is 4.17. The Morgan fingerprint density at radius 2 is 1.84 bits per heavy atom. The highest BCUT2D eigenvalue weighted by Gasteiger charge is 2.38. The van der Waals surface area contributed by atoms with Gasteiger partial charge in [-0.3, -0.25) is 4.90 Å². The van der Waals surface area contributed by atoms with Crippen LogP contribution in [-0.2, 0) is 0 Å². The van der Waals surface area contributed by atoms with Gasteiger partial charge in [-0.25, -0.2) is 0 Å². The third-order valence-corrected chi connectivity index (χ3v) is 4.17. The Balaban J connectivity index is 2.64. The molecule has 1 fully saturated rings. The Bertz CT molecular complexity index is 260. The molecule has 19 heavy (non-hydrogen) atoms. The van der Waals surface area contributed by atoms with Crippen LogP contribution in [0.15, 0.2) is 0 Å². The van der Waals surface area contributed by atoms with Gasteiger partial charge in [0.2, 0.25) is 0 Å². The first-order valence-electron chi connectivity index (χ1n) is 7.20. The minimum atomic E-state index is -4.16. The molecule has 0 aromatic rings. The first-order valence-corrected chi connectivity index (χ1v) is 7.20. The minimum Gasteiger partial charge on any atom is -0.396 e. The molecule has 2 nitrogen and oxygen atoms in total. The Hall–Kier alpha value is -0.290. The predicted molar refractivity (Wildman–Crippen MR) is 69.9 cm³/mol. The van der Waals surface area contributed by atoms with Gasteiger partial charge in [0.1, 0.15) is 0 Å². The van der Waals surface area contributed by atoms with Gasteiger partial charge in [0.15, 0.2) is 0 Å². The Labute approximate surface area is 114 Å². The van der Waals surface area contributed by atoms with Gasteiger partial charge in [-0.05, 0) is 31.7 Å². The van der Waals surface area contributed by atoms with E-state index in [1.165, 1.54) is 4.90 Å². The fourth-order valence-corrected chi connectivity index (χ4v) is 3.00. The van der Waals surface area contributed by atoms with Crippen LogP contribution in [0.2, 0.25) is 0 Å². The number of halogens is 3. The monoisotopic (exact) mass is 281 g/mol. The molecular weight excluding hydrogens is 255 g/mol. The van der Waals surface area contributed by atoms with E-state index in [0.717, 1.165) is 25.7 Å². The summed E-state index contributed by atoms with van der Waals surface area (Å²) in [6.07, 6.45) is 0.228. The van der Waals surface area contributed by atoms with E-state index < -0.39 is 12.7 Å². The highest BCUT2D eigenvalue weighted by atomic mass is 19.4. The Kier molecular flexibility index (Phi) is 6.12. The van der Waals surface area contributed by atoms with Crippen LogP contribution in [0.1, 0.15) is 46.0 Å². The molecule has 0 atom stereocenters. The van der Waals surface area contributed by atoms with Crippen LogP contribution in [-0.4, -0.2) is 42.4 Å². The molecule has 0 amide bonds. The number of aliphatic hydroxyl groups is 1. The lowest BCUT2D eigenvalue weighted by Crippen LogP contribution is -2.46. The molecule has 0 heterocycles. The quantitative estimate of drug-likeness (QED) is 0.806. The SMILES string of the molecule is CCCN(CC(F)(F)F)CC1(CO)CCC(C)CC1. The summed E-state index contributed by atoms with van der Waals surface area (Å²) in [6.45, 7) is 4.00. The van der Waals surface area contributed by atoms with E-state index in [1.54, 1.807) is 0 Å². The van der Waals surface area contributed by atoms with Crippen molar-refractivity contribution >= 4 is 0 Å². The second-order valence-electron chi connectivity index (χ2n) is 6.17. The van der Waals surface area contributed by atoms with Crippen molar-refractivity contribution in [1.29, 1.82) is 0 Å². The standard InChI is InChI=1S/C14H26F3NO/c1-3-8-18(10-14(15,16)17)9-13(11-19)6-4-12(2)5-7-13/h12,19H,3-11H2,1-2H3. The van der Waals surface area contributed by atoms with Gasteiger partial charge in [-0.1, -0.05) is 26.7 Å². The zero-order valence-electron chi connectivity index (χ0n) is 12.0. The van der Waals surface area contributed by atoms with Crippen LogP contribution < -0.4 is 0 Å². The molecule has 0 saturated heterocycles. The summed E-state index contributed by atoms with van der Waals surface area (Å²) >= 11 is 0. The molecule has 1 rings (SSSR count). The van der Waals surface area contributed by atoms with Gasteiger partial charge in [0, 0.05) is 18.6 Å². The van der Waals surface area contributed by atoms with Crippen LogP contribution in [0.5, 0.6) is 0 Å². The summed E-state index contributed by atoms with van der Waals surface area (Å²) in [7, 11) is 0. The molecular formula is C14H26F3NO. The molecule has 1 aliphatic rings. The summed E-state index contributed by atoms with van der Waals surface area (Å²) in [5.41, 5.74) is -0.326. The van der Waals surface area contributed by atoms with Crippen molar-refractivity contribution in [1.82, 2.24) is 4.90 Å². The van der Waals surface area contributed by atoms with Crippen molar-refractivity contribution < 1.29 is 18.3 Å². The largest absolute Gasteiger partial charge is 0.401 e. The molecule has 5 heteroatoms. The second-order valence-corrected chi connectivity index (χ2v) is 6.17.